The highest BCUT2D eigenvalue weighted by Gasteiger charge is 2.27. The molecule has 2 heterocycles. The molecule has 1 amide bonds. The summed E-state index contributed by atoms with van der Waals surface area (Å²) in [5.41, 5.74) is 7.83. The molecule has 1 aliphatic rings. The highest BCUT2D eigenvalue weighted by Crippen LogP contribution is 2.21. The minimum atomic E-state index is -0.0262. The first-order valence-corrected chi connectivity index (χ1v) is 6.71. The summed E-state index contributed by atoms with van der Waals surface area (Å²) >= 11 is 0. The maximum Gasteiger partial charge on any atom is 0.274 e. The summed E-state index contributed by atoms with van der Waals surface area (Å²) in [4.78, 5) is 14.3. The van der Waals surface area contributed by atoms with E-state index in [1.165, 1.54) is 0 Å². The van der Waals surface area contributed by atoms with Crippen molar-refractivity contribution in [2.24, 2.45) is 7.05 Å². The van der Waals surface area contributed by atoms with Gasteiger partial charge in [0, 0.05) is 27.2 Å². The molecule has 0 saturated carbocycles. The van der Waals surface area contributed by atoms with E-state index in [4.69, 9.17) is 10.5 Å². The minimum Gasteiger partial charge on any atom is -0.395 e. The quantitative estimate of drug-likeness (QED) is 0.879. The van der Waals surface area contributed by atoms with Crippen molar-refractivity contribution in [3.05, 3.63) is 11.4 Å². The summed E-state index contributed by atoms with van der Waals surface area (Å²) in [6.07, 6.45) is 2.75. The third-order valence-electron chi connectivity index (χ3n) is 3.76. The zero-order valence-electron chi connectivity index (χ0n) is 11.8. The van der Waals surface area contributed by atoms with Gasteiger partial charge in [-0.3, -0.25) is 9.48 Å². The molecule has 1 aliphatic heterocycles. The number of nitrogens with two attached hydrogens (primary N) is 1. The van der Waals surface area contributed by atoms with Crippen LogP contribution in [0.1, 0.15) is 35.9 Å². The number of methoxy groups -OCH3 is 1. The van der Waals surface area contributed by atoms with Crippen molar-refractivity contribution in [3.8, 4) is 0 Å². The van der Waals surface area contributed by atoms with Crippen LogP contribution < -0.4 is 5.73 Å². The average molecular weight is 266 g/mol. The maximum atomic E-state index is 12.5. The number of aromatic nitrogens is 2. The van der Waals surface area contributed by atoms with Crippen LogP contribution in [0, 0.1) is 0 Å². The van der Waals surface area contributed by atoms with Crippen LogP contribution in [0.4, 0.5) is 5.69 Å². The standard InChI is InChI=1S/C13H22N4O2/c1-4-10-11(14)12(16(2)15-10)13(18)17-7-5-9(19-3)6-8-17/h9H,4-8,14H2,1-3H3. The number of aryl methyl sites for hydroxylation is 2. The van der Waals surface area contributed by atoms with Gasteiger partial charge in [0.05, 0.1) is 17.5 Å². The first-order valence-electron chi connectivity index (χ1n) is 6.71. The van der Waals surface area contributed by atoms with Gasteiger partial charge in [-0.25, -0.2) is 0 Å². The molecule has 1 aromatic rings. The third-order valence-corrected chi connectivity index (χ3v) is 3.76. The number of carbonyl (C=O) groups excluding carboxylic acids is 1. The molecule has 0 unspecified atom stereocenters. The maximum absolute atomic E-state index is 12.5. The lowest BCUT2D eigenvalue weighted by molar-refractivity contribution is 0.0346. The van der Waals surface area contributed by atoms with E-state index in [0.29, 0.717) is 24.5 Å². The average Bonchev–Trinajstić information content (AvgIpc) is 2.72. The zero-order chi connectivity index (χ0) is 14.0. The van der Waals surface area contributed by atoms with Gasteiger partial charge in [-0.2, -0.15) is 5.10 Å². The van der Waals surface area contributed by atoms with Crippen LogP contribution in [-0.2, 0) is 18.2 Å². The van der Waals surface area contributed by atoms with E-state index in [-0.39, 0.29) is 12.0 Å². The van der Waals surface area contributed by atoms with Gasteiger partial charge in [-0.1, -0.05) is 6.92 Å². The fourth-order valence-corrected chi connectivity index (χ4v) is 2.56. The summed E-state index contributed by atoms with van der Waals surface area (Å²) in [7, 11) is 3.49. The molecular weight excluding hydrogens is 244 g/mol. The second-order valence-corrected chi connectivity index (χ2v) is 4.91. The van der Waals surface area contributed by atoms with Gasteiger partial charge in [0.25, 0.3) is 5.91 Å². The normalized spacial score (nSPS) is 16.9. The fourth-order valence-electron chi connectivity index (χ4n) is 2.56. The van der Waals surface area contributed by atoms with Crippen LogP contribution >= 0.6 is 0 Å². The van der Waals surface area contributed by atoms with Gasteiger partial charge >= 0.3 is 0 Å². The summed E-state index contributed by atoms with van der Waals surface area (Å²) < 4.78 is 6.91. The predicted molar refractivity (Wildman–Crippen MR) is 72.9 cm³/mol. The number of hydrogen-bond acceptors (Lipinski definition) is 4. The summed E-state index contributed by atoms with van der Waals surface area (Å²) in [6.45, 7) is 3.41. The lowest BCUT2D eigenvalue weighted by atomic mass is 10.1. The predicted octanol–water partition coefficient (Wildman–Crippen LogP) is 0.816. The molecule has 2 N–H and O–H groups in total. The van der Waals surface area contributed by atoms with Crippen LogP contribution in [0.25, 0.3) is 0 Å². The summed E-state index contributed by atoms with van der Waals surface area (Å²) in [5.74, 6) is -0.0262. The lowest BCUT2D eigenvalue weighted by Crippen LogP contribution is -2.41. The Kier molecular flexibility index (Phi) is 4.09. The number of rotatable bonds is 3. The van der Waals surface area contributed by atoms with Crippen molar-refractivity contribution in [3.63, 3.8) is 0 Å². The molecule has 0 aromatic carbocycles. The molecule has 6 nitrogen and oxygen atoms in total. The molecule has 19 heavy (non-hydrogen) atoms. The molecule has 0 bridgehead atoms. The summed E-state index contributed by atoms with van der Waals surface area (Å²) in [6, 6.07) is 0. The Bertz CT molecular complexity index is 461. The molecule has 0 aliphatic carbocycles. The van der Waals surface area contributed by atoms with Gasteiger partial charge in [0.2, 0.25) is 0 Å². The van der Waals surface area contributed by atoms with Crippen LogP contribution in [0.3, 0.4) is 0 Å². The Morgan fingerprint density at radius 3 is 2.58 bits per heavy atom. The van der Waals surface area contributed by atoms with E-state index in [9.17, 15) is 4.79 Å². The highest BCUT2D eigenvalue weighted by molar-refractivity contribution is 5.98. The van der Waals surface area contributed by atoms with Crippen molar-refractivity contribution in [1.82, 2.24) is 14.7 Å². The van der Waals surface area contributed by atoms with Crippen molar-refractivity contribution >= 4 is 11.6 Å². The van der Waals surface area contributed by atoms with Gasteiger partial charge in [-0.05, 0) is 19.3 Å². The highest BCUT2D eigenvalue weighted by atomic mass is 16.5. The Balaban J connectivity index is 2.14. The Morgan fingerprint density at radius 2 is 2.11 bits per heavy atom. The molecule has 0 spiro atoms. The van der Waals surface area contributed by atoms with E-state index in [0.717, 1.165) is 25.0 Å². The first-order chi connectivity index (χ1) is 9.08. The number of piperidine rings is 1. The van der Waals surface area contributed by atoms with E-state index >= 15 is 0 Å². The number of hydrogen-bond donors (Lipinski definition) is 1. The molecule has 0 radical (unpaired) electrons. The van der Waals surface area contributed by atoms with E-state index in [2.05, 4.69) is 5.10 Å². The SMILES string of the molecule is CCc1nn(C)c(C(=O)N2CCC(OC)CC2)c1N. The van der Waals surface area contributed by atoms with Crippen LogP contribution in [0.15, 0.2) is 0 Å². The molecule has 2 rings (SSSR count). The van der Waals surface area contributed by atoms with Crippen molar-refractivity contribution in [2.45, 2.75) is 32.3 Å². The van der Waals surface area contributed by atoms with Crippen LogP contribution in [-0.4, -0.2) is 46.9 Å². The molecule has 0 atom stereocenters. The van der Waals surface area contributed by atoms with Gasteiger partial charge in [-0.15, -0.1) is 0 Å². The zero-order valence-corrected chi connectivity index (χ0v) is 11.8. The Hall–Kier alpha value is -1.56. The monoisotopic (exact) mass is 266 g/mol. The first kappa shape index (κ1) is 13.9. The van der Waals surface area contributed by atoms with E-state index < -0.39 is 0 Å². The van der Waals surface area contributed by atoms with Crippen molar-refractivity contribution in [2.75, 3.05) is 25.9 Å². The Morgan fingerprint density at radius 1 is 1.47 bits per heavy atom. The number of ether oxygens (including phenoxy) is 1. The molecule has 1 saturated heterocycles. The fraction of sp³-hybridized carbons (Fsp3) is 0.692. The Labute approximate surface area is 113 Å². The lowest BCUT2D eigenvalue weighted by Gasteiger charge is -2.31. The number of nitrogens with zero attached hydrogens (tertiary/aromatic N) is 3. The molecule has 1 fully saturated rings. The second-order valence-electron chi connectivity index (χ2n) is 4.91. The molecule has 1 aromatic heterocycles. The minimum absolute atomic E-state index is 0.0262. The largest absolute Gasteiger partial charge is 0.395 e. The topological polar surface area (TPSA) is 73.4 Å². The van der Waals surface area contributed by atoms with Crippen molar-refractivity contribution in [1.29, 1.82) is 0 Å². The van der Waals surface area contributed by atoms with Gasteiger partial charge in [0.1, 0.15) is 5.69 Å². The van der Waals surface area contributed by atoms with E-state index in [1.54, 1.807) is 18.8 Å². The summed E-state index contributed by atoms with van der Waals surface area (Å²) in [5, 5.41) is 4.30. The number of anilines is 1. The van der Waals surface area contributed by atoms with Gasteiger partial charge in [0.15, 0.2) is 0 Å². The smallest absolute Gasteiger partial charge is 0.274 e. The third kappa shape index (κ3) is 2.58. The number of amides is 1. The molecule has 106 valence electrons. The number of carbonyl (C=O) groups is 1. The molecule has 6 heteroatoms. The number of nitrogen functional groups attached to an aromatic ring is 1. The molecular formula is C13H22N4O2. The van der Waals surface area contributed by atoms with Crippen LogP contribution in [0.5, 0.6) is 0 Å². The van der Waals surface area contributed by atoms with Crippen LogP contribution in [0.2, 0.25) is 0 Å². The second kappa shape index (κ2) is 5.61. The van der Waals surface area contributed by atoms with Gasteiger partial charge < -0.3 is 15.4 Å². The van der Waals surface area contributed by atoms with E-state index in [1.807, 2.05) is 11.8 Å². The number of likely N-dealkylation sites (tertiary alicyclic amines) is 1. The van der Waals surface area contributed by atoms with Crippen molar-refractivity contribution < 1.29 is 9.53 Å².